The van der Waals surface area contributed by atoms with Gasteiger partial charge in [-0.15, -0.1) is 0 Å². The van der Waals surface area contributed by atoms with Crippen LogP contribution in [-0.2, 0) is 33.3 Å². The number of methoxy groups -OCH3 is 1. The molecule has 2 fully saturated rings. The van der Waals surface area contributed by atoms with Crippen LogP contribution in [0.15, 0.2) is 36.0 Å². The molecular weight excluding hydrogens is 694 g/mol. The molecule has 3 aliphatic rings. The molecule has 54 heavy (non-hydrogen) atoms. The third-order valence-corrected chi connectivity index (χ3v) is 11.0. The van der Waals surface area contributed by atoms with Gasteiger partial charge in [0.25, 0.3) is 0 Å². The van der Waals surface area contributed by atoms with E-state index in [2.05, 4.69) is 37.7 Å². The van der Waals surface area contributed by atoms with Gasteiger partial charge in [-0.3, -0.25) is 14.5 Å². The standard InChI is InChI=1S/C41H69N3O10/c1-11-33(50-10)30(5)38-39(53-38)37(54-40(48)44-24-22-43(23-25-44)21-13-20-42(8)9)28(3)15-12-14-27(2)36-29(4)16-17-34(51-31(6)45)41(7,49)19-18-32(46)26-35(47)52-36/h12,14-17,28-30,32-34,36-39,46,49H,11,13,18-26H2,1-10H3/b15-12+,17-16+,27-14+. The summed E-state index contributed by atoms with van der Waals surface area (Å²) in [5, 5.41) is 21.7. The van der Waals surface area contributed by atoms with E-state index in [1.165, 1.54) is 6.92 Å². The Morgan fingerprint density at radius 1 is 1.13 bits per heavy atom. The molecule has 0 aromatic rings. The van der Waals surface area contributed by atoms with Gasteiger partial charge >= 0.3 is 18.0 Å². The third kappa shape index (κ3) is 14.0. The molecule has 11 unspecified atom stereocenters. The fourth-order valence-corrected chi connectivity index (χ4v) is 7.43. The summed E-state index contributed by atoms with van der Waals surface area (Å²) in [7, 11) is 5.86. The minimum absolute atomic E-state index is 0.0228. The maximum atomic E-state index is 13.6. The zero-order chi connectivity index (χ0) is 40.2. The monoisotopic (exact) mass is 763 g/mol. The Labute approximate surface area is 323 Å². The van der Waals surface area contributed by atoms with Crippen molar-refractivity contribution in [2.75, 3.05) is 60.5 Å². The minimum atomic E-state index is -1.45. The van der Waals surface area contributed by atoms with Crippen molar-refractivity contribution >= 4 is 18.0 Å². The second-order valence-corrected chi connectivity index (χ2v) is 16.0. The van der Waals surface area contributed by atoms with Crippen LogP contribution in [0.3, 0.4) is 0 Å². The van der Waals surface area contributed by atoms with Crippen LogP contribution in [0.1, 0.15) is 80.6 Å². The highest BCUT2D eigenvalue weighted by Crippen LogP contribution is 2.39. The Hall–Kier alpha value is -2.81. The Morgan fingerprint density at radius 3 is 2.43 bits per heavy atom. The lowest BCUT2D eigenvalue weighted by Gasteiger charge is -2.35. The summed E-state index contributed by atoms with van der Waals surface area (Å²) in [5.41, 5.74) is -0.711. The van der Waals surface area contributed by atoms with Gasteiger partial charge < -0.3 is 43.7 Å². The summed E-state index contributed by atoms with van der Waals surface area (Å²) < 4.78 is 29.5. The number of piperazine rings is 1. The first-order valence-corrected chi connectivity index (χ1v) is 19.8. The zero-order valence-corrected chi connectivity index (χ0v) is 34.4. The third-order valence-electron chi connectivity index (χ3n) is 11.0. The summed E-state index contributed by atoms with van der Waals surface area (Å²) in [4.78, 5) is 44.7. The highest BCUT2D eigenvalue weighted by molar-refractivity contribution is 5.70. The van der Waals surface area contributed by atoms with E-state index in [0.717, 1.165) is 44.6 Å². The van der Waals surface area contributed by atoms with Gasteiger partial charge in [-0.1, -0.05) is 52.0 Å². The number of amides is 1. The molecule has 0 aromatic carbocycles. The number of carbonyl (C=O) groups excluding carboxylic acids is 3. The quantitative estimate of drug-likeness (QED) is 0.0803. The molecule has 1 amide bonds. The topological polar surface area (TPSA) is 151 Å². The van der Waals surface area contributed by atoms with Crippen molar-refractivity contribution in [3.05, 3.63) is 36.0 Å². The molecule has 2 saturated heterocycles. The van der Waals surface area contributed by atoms with E-state index in [1.807, 2.05) is 39.0 Å². The number of aliphatic hydroxyl groups is 2. The highest BCUT2D eigenvalue weighted by Gasteiger charge is 2.53. The number of cyclic esters (lactones) is 1. The van der Waals surface area contributed by atoms with Crippen LogP contribution in [0.2, 0.25) is 0 Å². The van der Waals surface area contributed by atoms with Crippen molar-refractivity contribution in [3.63, 3.8) is 0 Å². The van der Waals surface area contributed by atoms with Crippen molar-refractivity contribution in [2.45, 2.75) is 129 Å². The Kier molecular flexibility index (Phi) is 18.1. The number of allylic oxidation sites excluding steroid dienone is 2. The van der Waals surface area contributed by atoms with Gasteiger partial charge in [0, 0.05) is 58.0 Å². The van der Waals surface area contributed by atoms with E-state index < -0.39 is 42.0 Å². The lowest BCUT2D eigenvalue weighted by atomic mass is 9.88. The molecule has 0 saturated carbocycles. The number of rotatable bonds is 15. The molecule has 0 spiro atoms. The maximum absolute atomic E-state index is 13.6. The predicted octanol–water partition coefficient (Wildman–Crippen LogP) is 4.36. The molecule has 3 heterocycles. The summed E-state index contributed by atoms with van der Waals surface area (Å²) in [6.07, 6.45) is 7.11. The second-order valence-electron chi connectivity index (χ2n) is 16.0. The maximum Gasteiger partial charge on any atom is 0.410 e. The SMILES string of the molecule is CCC(OC)C(C)C1OC1C(OC(=O)N1CCN(CCCN(C)C)CC1)C(C)/C=C/C=C(\C)C1OC(=O)CC(O)CCC(C)(O)C(OC(C)=O)/C=C/C1C. The molecule has 0 radical (unpaired) electrons. The number of carbonyl (C=O) groups is 3. The van der Waals surface area contributed by atoms with Crippen LogP contribution in [0.25, 0.3) is 0 Å². The summed E-state index contributed by atoms with van der Waals surface area (Å²) in [6.45, 7) is 17.6. The molecule has 308 valence electrons. The number of aliphatic hydroxyl groups excluding tert-OH is 1. The number of ether oxygens (including phenoxy) is 5. The first-order valence-electron chi connectivity index (χ1n) is 19.8. The van der Waals surface area contributed by atoms with Crippen LogP contribution in [-0.4, -0.2) is 152 Å². The fourth-order valence-electron chi connectivity index (χ4n) is 7.43. The van der Waals surface area contributed by atoms with Gasteiger partial charge in [0.1, 0.15) is 30.0 Å². The van der Waals surface area contributed by atoms with E-state index in [1.54, 1.807) is 31.1 Å². The van der Waals surface area contributed by atoms with Crippen molar-refractivity contribution in [1.82, 2.24) is 14.7 Å². The van der Waals surface area contributed by atoms with Crippen LogP contribution in [0.4, 0.5) is 4.79 Å². The van der Waals surface area contributed by atoms with Crippen LogP contribution in [0.5, 0.6) is 0 Å². The number of hydrogen-bond donors (Lipinski definition) is 2. The van der Waals surface area contributed by atoms with Crippen molar-refractivity contribution in [1.29, 1.82) is 0 Å². The Bertz CT molecular complexity index is 1290. The van der Waals surface area contributed by atoms with Crippen LogP contribution in [0, 0.1) is 17.8 Å². The van der Waals surface area contributed by atoms with Gasteiger partial charge in [0.15, 0.2) is 0 Å². The van der Waals surface area contributed by atoms with E-state index in [4.69, 9.17) is 23.7 Å². The molecular formula is C41H69N3O10. The number of epoxide rings is 1. The second kappa shape index (κ2) is 21.5. The number of hydrogen-bond acceptors (Lipinski definition) is 12. The van der Waals surface area contributed by atoms with Crippen LogP contribution < -0.4 is 0 Å². The molecule has 13 heteroatoms. The van der Waals surface area contributed by atoms with Gasteiger partial charge in [-0.2, -0.15) is 0 Å². The van der Waals surface area contributed by atoms with E-state index in [0.29, 0.717) is 13.1 Å². The molecule has 0 aromatic heterocycles. The lowest BCUT2D eigenvalue weighted by molar-refractivity contribution is -0.157. The minimum Gasteiger partial charge on any atom is -0.457 e. The predicted molar refractivity (Wildman–Crippen MR) is 207 cm³/mol. The lowest BCUT2D eigenvalue weighted by Crippen LogP contribution is -2.50. The first kappa shape index (κ1) is 45.6. The summed E-state index contributed by atoms with van der Waals surface area (Å²) in [6, 6.07) is 0. The van der Waals surface area contributed by atoms with Crippen molar-refractivity contribution in [2.24, 2.45) is 17.8 Å². The Morgan fingerprint density at radius 2 is 1.81 bits per heavy atom. The van der Waals surface area contributed by atoms with Gasteiger partial charge in [-0.05, 0) is 78.4 Å². The van der Waals surface area contributed by atoms with E-state index >= 15 is 0 Å². The van der Waals surface area contributed by atoms with Crippen molar-refractivity contribution in [3.8, 4) is 0 Å². The largest absolute Gasteiger partial charge is 0.457 e. The van der Waals surface area contributed by atoms with Gasteiger partial charge in [0.2, 0.25) is 0 Å². The number of nitrogens with zero attached hydrogens (tertiary/aromatic N) is 3. The fraction of sp³-hybridized carbons (Fsp3) is 0.780. The van der Waals surface area contributed by atoms with Crippen LogP contribution >= 0.6 is 0 Å². The summed E-state index contributed by atoms with van der Waals surface area (Å²) >= 11 is 0. The molecule has 3 aliphatic heterocycles. The average Bonchev–Trinajstić information content (AvgIpc) is 3.91. The smallest absolute Gasteiger partial charge is 0.410 e. The Balaban J connectivity index is 1.78. The molecule has 3 rings (SSSR count). The molecule has 11 atom stereocenters. The van der Waals surface area contributed by atoms with E-state index in [9.17, 15) is 24.6 Å². The van der Waals surface area contributed by atoms with Gasteiger partial charge in [-0.25, -0.2) is 4.79 Å². The number of esters is 2. The normalized spacial score (nSPS) is 31.8. The average molecular weight is 764 g/mol. The first-order chi connectivity index (χ1) is 25.5. The molecule has 2 N–H and O–H groups in total. The molecule has 0 aliphatic carbocycles. The summed E-state index contributed by atoms with van der Waals surface area (Å²) in [5.74, 6) is -1.56. The van der Waals surface area contributed by atoms with E-state index in [-0.39, 0.29) is 61.4 Å². The zero-order valence-electron chi connectivity index (χ0n) is 34.4. The van der Waals surface area contributed by atoms with Gasteiger partial charge in [0.05, 0.1) is 24.7 Å². The molecule has 0 bridgehead atoms. The highest BCUT2D eigenvalue weighted by atomic mass is 16.6. The van der Waals surface area contributed by atoms with Crippen molar-refractivity contribution < 1.29 is 48.3 Å². The molecule has 13 nitrogen and oxygen atoms in total.